The van der Waals surface area contributed by atoms with Gasteiger partial charge in [-0.3, -0.25) is 9.59 Å². The van der Waals surface area contributed by atoms with Gasteiger partial charge in [0.05, 0.1) is 0 Å². The van der Waals surface area contributed by atoms with E-state index in [1.165, 1.54) is 25.7 Å². The van der Waals surface area contributed by atoms with Crippen LogP contribution in [0.4, 0.5) is 5.69 Å². The van der Waals surface area contributed by atoms with Crippen molar-refractivity contribution in [1.82, 2.24) is 5.32 Å². The van der Waals surface area contributed by atoms with Crippen LogP contribution < -0.4 is 15.0 Å². The molecule has 2 amide bonds. The molecule has 0 aliphatic rings. The molecule has 0 aromatic heterocycles. The Morgan fingerprint density at radius 2 is 1.33 bits per heavy atom. The monoisotopic (exact) mass is 486 g/mol. The van der Waals surface area contributed by atoms with Crippen molar-refractivity contribution in [2.75, 3.05) is 18.0 Å². The van der Waals surface area contributed by atoms with Gasteiger partial charge in [-0.05, 0) is 61.4 Å². The molecule has 5 nitrogen and oxygen atoms in total. The van der Waals surface area contributed by atoms with E-state index in [0.29, 0.717) is 37.2 Å². The number of carbonyl (C=O) groups is 2. The zero-order valence-electron chi connectivity index (χ0n) is 21.3. The molecule has 190 valence electrons. The lowest BCUT2D eigenvalue weighted by atomic mass is 10.1. The van der Waals surface area contributed by atoms with Gasteiger partial charge in [-0.1, -0.05) is 75.4 Å². The van der Waals surface area contributed by atoms with Gasteiger partial charge >= 0.3 is 0 Å². The van der Waals surface area contributed by atoms with Crippen LogP contribution in [0.3, 0.4) is 0 Å². The van der Waals surface area contributed by atoms with Gasteiger partial charge in [0.25, 0.3) is 5.91 Å². The quantitative estimate of drug-likeness (QED) is 0.228. The molecule has 0 radical (unpaired) electrons. The summed E-state index contributed by atoms with van der Waals surface area (Å²) in [6.45, 7) is 3.25. The lowest BCUT2D eigenvalue weighted by molar-refractivity contribution is -0.121. The minimum absolute atomic E-state index is 0.0641. The topological polar surface area (TPSA) is 58.6 Å². The second-order valence-electron chi connectivity index (χ2n) is 8.95. The van der Waals surface area contributed by atoms with Gasteiger partial charge in [-0.15, -0.1) is 0 Å². The number of amides is 2. The maximum Gasteiger partial charge on any atom is 0.258 e. The molecule has 5 heteroatoms. The summed E-state index contributed by atoms with van der Waals surface area (Å²) in [6, 6.07) is 26.4. The van der Waals surface area contributed by atoms with Crippen molar-refractivity contribution in [3.8, 4) is 11.5 Å². The van der Waals surface area contributed by atoms with Crippen LogP contribution in [0.2, 0.25) is 0 Å². The highest BCUT2D eigenvalue weighted by atomic mass is 16.5. The summed E-state index contributed by atoms with van der Waals surface area (Å²) in [4.78, 5) is 27.3. The zero-order valence-corrected chi connectivity index (χ0v) is 21.3. The third-order valence-corrected chi connectivity index (χ3v) is 6.03. The molecule has 0 saturated carbocycles. The Bertz CT molecular complexity index is 1040. The van der Waals surface area contributed by atoms with Gasteiger partial charge in [0.1, 0.15) is 11.5 Å². The Balaban J connectivity index is 1.54. The number of hydrogen-bond donors (Lipinski definition) is 1. The van der Waals surface area contributed by atoms with E-state index in [4.69, 9.17) is 4.74 Å². The van der Waals surface area contributed by atoms with Crippen LogP contribution in [-0.4, -0.2) is 24.9 Å². The first-order chi connectivity index (χ1) is 17.7. The van der Waals surface area contributed by atoms with Crippen LogP contribution in [0, 0.1) is 0 Å². The van der Waals surface area contributed by atoms with E-state index in [1.54, 1.807) is 4.90 Å². The van der Waals surface area contributed by atoms with E-state index in [1.807, 2.05) is 84.9 Å². The van der Waals surface area contributed by atoms with Gasteiger partial charge in [-0.2, -0.15) is 0 Å². The number of hydrogen-bond acceptors (Lipinski definition) is 3. The third kappa shape index (κ3) is 9.21. The van der Waals surface area contributed by atoms with E-state index in [-0.39, 0.29) is 11.8 Å². The molecule has 0 unspecified atom stereocenters. The number of anilines is 1. The van der Waals surface area contributed by atoms with Crippen molar-refractivity contribution in [1.29, 1.82) is 0 Å². The first-order valence-electron chi connectivity index (χ1n) is 13.1. The van der Waals surface area contributed by atoms with Gasteiger partial charge in [0.15, 0.2) is 0 Å². The van der Waals surface area contributed by atoms with Gasteiger partial charge in [-0.25, -0.2) is 0 Å². The molecule has 0 fully saturated rings. The largest absolute Gasteiger partial charge is 0.457 e. The lowest BCUT2D eigenvalue weighted by Gasteiger charge is -2.23. The maximum absolute atomic E-state index is 13.3. The number of carbonyl (C=O) groups excluding carboxylic acids is 2. The molecule has 3 aromatic rings. The van der Waals surface area contributed by atoms with Crippen LogP contribution in [0.5, 0.6) is 11.5 Å². The van der Waals surface area contributed by atoms with Gasteiger partial charge in [0.2, 0.25) is 5.91 Å². The van der Waals surface area contributed by atoms with Crippen molar-refractivity contribution in [2.24, 2.45) is 0 Å². The number of ether oxygens (including phenoxy) is 1. The molecule has 0 atom stereocenters. The number of unbranched alkanes of at least 4 members (excludes halogenated alkanes) is 5. The fraction of sp³-hybridized carbons (Fsp3) is 0.355. The van der Waals surface area contributed by atoms with Crippen LogP contribution in [0.25, 0.3) is 0 Å². The second kappa shape index (κ2) is 15.4. The zero-order chi connectivity index (χ0) is 25.4. The normalized spacial score (nSPS) is 10.6. The maximum atomic E-state index is 13.3. The Morgan fingerprint density at radius 1 is 0.722 bits per heavy atom. The van der Waals surface area contributed by atoms with E-state index in [0.717, 1.165) is 24.3 Å². The highest BCUT2D eigenvalue weighted by Gasteiger charge is 2.17. The van der Waals surface area contributed by atoms with Crippen LogP contribution in [0.1, 0.15) is 68.6 Å². The van der Waals surface area contributed by atoms with E-state index >= 15 is 0 Å². The summed E-state index contributed by atoms with van der Waals surface area (Å²) in [5.41, 5.74) is 1.43. The Kier molecular flexibility index (Phi) is 11.6. The van der Waals surface area contributed by atoms with Crippen molar-refractivity contribution in [3.63, 3.8) is 0 Å². The fourth-order valence-corrected chi connectivity index (χ4v) is 4.02. The van der Waals surface area contributed by atoms with Gasteiger partial charge in [0, 0.05) is 30.8 Å². The van der Waals surface area contributed by atoms with Crippen LogP contribution >= 0.6 is 0 Å². The molecule has 1 N–H and O–H groups in total. The SMILES string of the molecule is CCCCCCCCC(=O)NCCCN(C(=O)c1ccccc1)c1ccc(Oc2ccccc2)cc1. The van der Waals surface area contributed by atoms with Crippen molar-refractivity contribution >= 4 is 17.5 Å². The molecule has 0 spiro atoms. The molecule has 3 rings (SSSR count). The van der Waals surface area contributed by atoms with Crippen LogP contribution in [-0.2, 0) is 4.79 Å². The van der Waals surface area contributed by atoms with Crippen LogP contribution in [0.15, 0.2) is 84.9 Å². The van der Waals surface area contributed by atoms with Crippen molar-refractivity contribution < 1.29 is 14.3 Å². The Morgan fingerprint density at radius 3 is 2.03 bits per heavy atom. The molecule has 0 aliphatic carbocycles. The van der Waals surface area contributed by atoms with E-state index in [2.05, 4.69) is 12.2 Å². The molecular weight excluding hydrogens is 448 g/mol. The number of nitrogens with zero attached hydrogens (tertiary/aromatic N) is 1. The lowest BCUT2D eigenvalue weighted by Crippen LogP contribution is -2.34. The summed E-state index contributed by atoms with van der Waals surface area (Å²) >= 11 is 0. The standard InChI is InChI=1S/C31H38N2O3/c1-2-3-4-5-6-13-19-30(34)32-24-14-25-33(31(35)26-15-9-7-10-16-26)27-20-22-29(23-21-27)36-28-17-11-8-12-18-28/h7-12,15-18,20-23H,2-6,13-14,19,24-25H2,1H3,(H,32,34). The molecule has 0 heterocycles. The summed E-state index contributed by atoms with van der Waals surface area (Å²) in [5, 5.41) is 3.01. The van der Waals surface area contributed by atoms with Crippen molar-refractivity contribution in [2.45, 2.75) is 58.3 Å². The summed E-state index contributed by atoms with van der Waals surface area (Å²) < 4.78 is 5.89. The fourth-order valence-electron chi connectivity index (χ4n) is 4.02. The summed E-state index contributed by atoms with van der Waals surface area (Å²) in [5.74, 6) is 1.50. The predicted octanol–water partition coefficient (Wildman–Crippen LogP) is 7.38. The third-order valence-electron chi connectivity index (χ3n) is 6.03. The van der Waals surface area contributed by atoms with E-state index < -0.39 is 0 Å². The molecule has 3 aromatic carbocycles. The number of nitrogens with one attached hydrogen (secondary N) is 1. The minimum atomic E-state index is -0.0641. The average molecular weight is 487 g/mol. The summed E-state index contributed by atoms with van der Waals surface area (Å²) in [7, 11) is 0. The Hall–Kier alpha value is -3.60. The number of para-hydroxylation sites is 1. The number of rotatable bonds is 15. The predicted molar refractivity (Wildman–Crippen MR) is 147 cm³/mol. The minimum Gasteiger partial charge on any atom is -0.457 e. The van der Waals surface area contributed by atoms with E-state index in [9.17, 15) is 9.59 Å². The first-order valence-corrected chi connectivity index (χ1v) is 13.1. The molecular formula is C31H38N2O3. The highest BCUT2D eigenvalue weighted by Crippen LogP contribution is 2.25. The van der Waals surface area contributed by atoms with Crippen molar-refractivity contribution in [3.05, 3.63) is 90.5 Å². The van der Waals surface area contributed by atoms with Gasteiger partial charge < -0.3 is 15.0 Å². The average Bonchev–Trinajstić information content (AvgIpc) is 2.92. The summed E-state index contributed by atoms with van der Waals surface area (Å²) in [6.07, 6.45) is 8.24. The number of benzene rings is 3. The second-order valence-corrected chi connectivity index (χ2v) is 8.95. The first kappa shape index (κ1) is 27.0. The Labute approximate surface area is 215 Å². The highest BCUT2D eigenvalue weighted by molar-refractivity contribution is 6.06. The molecule has 36 heavy (non-hydrogen) atoms. The molecule has 0 bridgehead atoms. The molecule has 0 saturated heterocycles. The molecule has 0 aliphatic heterocycles. The smallest absolute Gasteiger partial charge is 0.258 e.